The van der Waals surface area contributed by atoms with Gasteiger partial charge in [-0.3, -0.25) is 0 Å². The molecule has 1 aromatic carbocycles. The highest BCUT2D eigenvalue weighted by Crippen LogP contribution is 2.33. The smallest absolute Gasteiger partial charge is 0.161 e. The third-order valence-electron chi connectivity index (χ3n) is 2.00. The monoisotopic (exact) mass is 257 g/mol. The molecule has 0 spiro atoms. The Hall–Kier alpha value is -1.42. The summed E-state index contributed by atoms with van der Waals surface area (Å²) in [5, 5.41) is 9.48. The Kier molecular flexibility index (Phi) is 12.7. The number of aromatic hydroxyl groups is 1. The third-order valence-corrected chi connectivity index (χ3v) is 2.00. The maximum Gasteiger partial charge on any atom is 0.161 e. The van der Waals surface area contributed by atoms with Crippen LogP contribution in [0.15, 0.2) is 12.1 Å². The van der Waals surface area contributed by atoms with Gasteiger partial charge in [-0.2, -0.15) is 0 Å². The second kappa shape index (κ2) is 12.0. The van der Waals surface area contributed by atoms with Gasteiger partial charge in [0.05, 0.1) is 14.2 Å². The van der Waals surface area contributed by atoms with E-state index in [1.54, 1.807) is 13.2 Å². The average Bonchev–Trinajstić information content (AvgIpc) is 2.45. The minimum atomic E-state index is 0.0742. The topological polar surface area (TPSA) is 64.7 Å². The first kappa shape index (κ1) is 18.9. The maximum atomic E-state index is 9.48. The predicted octanol–water partition coefficient (Wildman–Crippen LogP) is 2.96. The Labute approximate surface area is 111 Å². The largest absolute Gasteiger partial charge is 0.504 e. The van der Waals surface area contributed by atoms with Gasteiger partial charge >= 0.3 is 0 Å². The van der Waals surface area contributed by atoms with Crippen molar-refractivity contribution in [3.63, 3.8) is 0 Å². The minimum Gasteiger partial charge on any atom is -0.504 e. The van der Waals surface area contributed by atoms with Crippen molar-refractivity contribution >= 4 is 0 Å². The summed E-state index contributed by atoms with van der Waals surface area (Å²) in [7, 11) is 3.06. The molecule has 1 rings (SSSR count). The second-order valence-corrected chi connectivity index (χ2v) is 2.87. The number of benzene rings is 1. The summed E-state index contributed by atoms with van der Waals surface area (Å²) in [5.41, 5.74) is 6.39. The fraction of sp³-hybridized carbons (Fsp3) is 0.571. The van der Waals surface area contributed by atoms with Crippen LogP contribution in [0.5, 0.6) is 17.2 Å². The molecule has 0 atom stereocenters. The Balaban J connectivity index is 0. The van der Waals surface area contributed by atoms with Crippen LogP contribution < -0.4 is 15.2 Å². The summed E-state index contributed by atoms with van der Waals surface area (Å²) >= 11 is 0. The van der Waals surface area contributed by atoms with Crippen LogP contribution in [0, 0.1) is 0 Å². The number of hydrogen-bond acceptors (Lipinski definition) is 4. The number of phenolic OH excluding ortho intramolecular Hbond substituents is 1. The molecule has 0 radical (unpaired) electrons. The Morgan fingerprint density at radius 2 is 1.50 bits per heavy atom. The maximum absolute atomic E-state index is 9.48. The minimum absolute atomic E-state index is 0.0742. The van der Waals surface area contributed by atoms with E-state index in [9.17, 15) is 5.11 Å². The van der Waals surface area contributed by atoms with Gasteiger partial charge in [-0.05, 0) is 24.6 Å². The Bertz CT molecular complexity index is 314. The highest BCUT2D eigenvalue weighted by Gasteiger charge is 2.09. The molecule has 0 aliphatic heterocycles. The standard InChI is InChI=1S/C10H15NO3.2C2H6/c1-13-9-6-8(12)10(14-2)5-7(9)3-4-11;2*1-2/h5-6,12H,3-4,11H2,1-2H3;2*1-2H3. The molecule has 3 N–H and O–H groups in total. The van der Waals surface area contributed by atoms with Gasteiger partial charge in [0.25, 0.3) is 0 Å². The highest BCUT2D eigenvalue weighted by atomic mass is 16.5. The highest BCUT2D eigenvalue weighted by molar-refractivity contribution is 5.49. The van der Waals surface area contributed by atoms with Crippen molar-refractivity contribution in [3.8, 4) is 17.2 Å². The molecule has 0 bridgehead atoms. The molecule has 1 aromatic rings. The van der Waals surface area contributed by atoms with E-state index < -0.39 is 0 Å². The molecule has 0 aromatic heterocycles. The first-order valence-electron chi connectivity index (χ1n) is 6.36. The van der Waals surface area contributed by atoms with Crippen LogP contribution in [0.2, 0.25) is 0 Å². The van der Waals surface area contributed by atoms with E-state index in [-0.39, 0.29) is 5.75 Å². The number of hydrogen-bond donors (Lipinski definition) is 2. The van der Waals surface area contributed by atoms with E-state index in [4.69, 9.17) is 15.2 Å². The molecule has 4 heteroatoms. The predicted molar refractivity (Wildman–Crippen MR) is 76.7 cm³/mol. The van der Waals surface area contributed by atoms with Crippen LogP contribution in [0.4, 0.5) is 0 Å². The van der Waals surface area contributed by atoms with Crippen LogP contribution in [0.1, 0.15) is 33.3 Å². The lowest BCUT2D eigenvalue weighted by molar-refractivity contribution is 0.364. The van der Waals surface area contributed by atoms with Crippen molar-refractivity contribution in [1.82, 2.24) is 0 Å². The summed E-state index contributed by atoms with van der Waals surface area (Å²) in [5.74, 6) is 1.15. The Morgan fingerprint density at radius 3 is 1.89 bits per heavy atom. The molecule has 0 aliphatic rings. The molecule has 106 valence electrons. The van der Waals surface area contributed by atoms with Crippen LogP contribution in [0.3, 0.4) is 0 Å². The van der Waals surface area contributed by atoms with Gasteiger partial charge in [-0.15, -0.1) is 0 Å². The normalized spacial score (nSPS) is 8.39. The van der Waals surface area contributed by atoms with E-state index in [1.165, 1.54) is 13.2 Å². The molecule has 0 amide bonds. The van der Waals surface area contributed by atoms with E-state index in [0.717, 1.165) is 5.56 Å². The molecule has 0 saturated heterocycles. The van der Waals surface area contributed by atoms with Crippen molar-refractivity contribution in [2.45, 2.75) is 34.1 Å². The SMILES string of the molecule is CC.CC.COc1cc(CCN)c(OC)cc1O. The van der Waals surface area contributed by atoms with E-state index in [0.29, 0.717) is 24.5 Å². The molecule has 0 aliphatic carbocycles. The van der Waals surface area contributed by atoms with Crippen LogP contribution in [-0.4, -0.2) is 25.9 Å². The number of ether oxygens (including phenoxy) is 2. The fourth-order valence-electron chi connectivity index (χ4n) is 1.30. The third kappa shape index (κ3) is 5.77. The van der Waals surface area contributed by atoms with Gasteiger partial charge < -0.3 is 20.3 Å². The lowest BCUT2D eigenvalue weighted by atomic mass is 10.1. The summed E-state index contributed by atoms with van der Waals surface area (Å²) in [6.45, 7) is 8.53. The van der Waals surface area contributed by atoms with E-state index in [2.05, 4.69) is 0 Å². The molecule has 18 heavy (non-hydrogen) atoms. The second-order valence-electron chi connectivity index (χ2n) is 2.87. The van der Waals surface area contributed by atoms with Crippen LogP contribution in [-0.2, 0) is 6.42 Å². The number of nitrogens with two attached hydrogens (primary N) is 1. The number of rotatable bonds is 4. The summed E-state index contributed by atoms with van der Waals surface area (Å²) < 4.78 is 10.1. The first-order chi connectivity index (χ1) is 8.72. The summed E-state index contributed by atoms with van der Waals surface area (Å²) in [6, 6.07) is 3.27. The van der Waals surface area contributed by atoms with Crippen molar-refractivity contribution in [1.29, 1.82) is 0 Å². The molecule has 0 heterocycles. The van der Waals surface area contributed by atoms with Crippen molar-refractivity contribution in [2.24, 2.45) is 5.73 Å². The number of phenols is 1. The van der Waals surface area contributed by atoms with Gasteiger partial charge in [0, 0.05) is 6.07 Å². The number of methoxy groups -OCH3 is 2. The zero-order valence-electron chi connectivity index (χ0n) is 12.4. The summed E-state index contributed by atoms with van der Waals surface area (Å²) in [6.07, 6.45) is 0.694. The fourth-order valence-corrected chi connectivity index (χ4v) is 1.30. The molecule has 0 saturated carbocycles. The van der Waals surface area contributed by atoms with Gasteiger partial charge in [0.2, 0.25) is 0 Å². The lowest BCUT2D eigenvalue weighted by Gasteiger charge is -2.11. The van der Waals surface area contributed by atoms with E-state index >= 15 is 0 Å². The van der Waals surface area contributed by atoms with Gasteiger partial charge in [-0.1, -0.05) is 27.7 Å². The van der Waals surface area contributed by atoms with E-state index in [1.807, 2.05) is 27.7 Å². The molecule has 0 unspecified atom stereocenters. The molecule has 0 fully saturated rings. The lowest BCUT2D eigenvalue weighted by Crippen LogP contribution is -2.04. The van der Waals surface area contributed by atoms with Gasteiger partial charge in [-0.25, -0.2) is 0 Å². The summed E-state index contributed by atoms with van der Waals surface area (Å²) in [4.78, 5) is 0. The van der Waals surface area contributed by atoms with Crippen LogP contribution >= 0.6 is 0 Å². The van der Waals surface area contributed by atoms with Crippen LogP contribution in [0.25, 0.3) is 0 Å². The quantitative estimate of drug-likeness (QED) is 0.870. The zero-order valence-corrected chi connectivity index (χ0v) is 12.4. The van der Waals surface area contributed by atoms with Crippen molar-refractivity contribution in [2.75, 3.05) is 20.8 Å². The average molecular weight is 257 g/mol. The zero-order chi connectivity index (χ0) is 14.6. The van der Waals surface area contributed by atoms with Gasteiger partial charge in [0.15, 0.2) is 11.5 Å². The first-order valence-corrected chi connectivity index (χ1v) is 6.36. The van der Waals surface area contributed by atoms with Crippen molar-refractivity contribution in [3.05, 3.63) is 17.7 Å². The molecular weight excluding hydrogens is 230 g/mol. The molecular formula is C14H27NO3. The molecule has 4 nitrogen and oxygen atoms in total. The Morgan fingerprint density at radius 1 is 1.00 bits per heavy atom. The van der Waals surface area contributed by atoms with Gasteiger partial charge in [0.1, 0.15) is 5.75 Å². The van der Waals surface area contributed by atoms with Crippen molar-refractivity contribution < 1.29 is 14.6 Å².